The highest BCUT2D eigenvalue weighted by Gasteiger charge is 2.30. The van der Waals surface area contributed by atoms with Crippen molar-refractivity contribution in [1.29, 1.82) is 0 Å². The Morgan fingerprint density at radius 1 is 0.760 bits per heavy atom. The molecule has 6 heteroatoms. The molecule has 6 nitrogen and oxygen atoms in total. The van der Waals surface area contributed by atoms with E-state index in [-0.39, 0.29) is 23.2 Å². The number of methoxy groups -OCH3 is 4. The Morgan fingerprint density at radius 2 is 1.44 bits per heavy atom. The summed E-state index contributed by atoms with van der Waals surface area (Å²) in [6.07, 6.45) is 3.83. The minimum absolute atomic E-state index is 0.212. The van der Waals surface area contributed by atoms with Crippen molar-refractivity contribution in [2.45, 2.75) is 5.92 Å². The molecule has 0 aromatic heterocycles. The highest BCUT2D eigenvalue weighted by atomic mass is 16.5. The molecule has 0 saturated heterocycles. The molecule has 0 amide bonds. The smallest absolute Gasteiger partial charge is 0.203 e. The first kappa shape index (κ1) is 16.8. The summed E-state index contributed by atoms with van der Waals surface area (Å²) in [6, 6.07) is 5.19. The van der Waals surface area contributed by atoms with Crippen LogP contribution >= 0.6 is 0 Å². The number of aromatic hydroxyl groups is 2. The molecule has 0 heterocycles. The molecule has 0 fully saturated rings. The van der Waals surface area contributed by atoms with E-state index in [1.807, 2.05) is 18.2 Å². The summed E-state index contributed by atoms with van der Waals surface area (Å²) in [4.78, 5) is 0. The van der Waals surface area contributed by atoms with E-state index in [9.17, 15) is 10.2 Å². The molecule has 1 unspecified atom stereocenters. The molecule has 0 bridgehead atoms. The van der Waals surface area contributed by atoms with E-state index in [2.05, 4.69) is 0 Å². The second-order valence-electron chi connectivity index (χ2n) is 5.54. The van der Waals surface area contributed by atoms with Gasteiger partial charge < -0.3 is 29.2 Å². The van der Waals surface area contributed by atoms with Crippen LogP contribution in [0.4, 0.5) is 0 Å². The summed E-state index contributed by atoms with van der Waals surface area (Å²) in [5.74, 6) is 1.06. The van der Waals surface area contributed by atoms with Gasteiger partial charge in [-0.3, -0.25) is 0 Å². The monoisotopic (exact) mass is 344 g/mol. The Balaban J connectivity index is 2.18. The summed E-state index contributed by atoms with van der Waals surface area (Å²) < 4.78 is 21.4. The molecular weight excluding hydrogens is 324 g/mol. The zero-order valence-corrected chi connectivity index (χ0v) is 14.5. The number of hydrogen-bond donors (Lipinski definition) is 2. The van der Waals surface area contributed by atoms with Gasteiger partial charge >= 0.3 is 0 Å². The molecule has 0 spiro atoms. The van der Waals surface area contributed by atoms with Crippen molar-refractivity contribution in [3.63, 3.8) is 0 Å². The van der Waals surface area contributed by atoms with Crippen LogP contribution in [-0.2, 0) is 0 Å². The molecule has 132 valence electrons. The molecule has 2 N–H and O–H groups in total. The van der Waals surface area contributed by atoms with Crippen LogP contribution in [0.2, 0.25) is 0 Å². The number of rotatable bonds is 5. The van der Waals surface area contributed by atoms with Crippen molar-refractivity contribution in [3.05, 3.63) is 41.0 Å². The van der Waals surface area contributed by atoms with Crippen LogP contribution in [-0.4, -0.2) is 38.7 Å². The van der Waals surface area contributed by atoms with Crippen molar-refractivity contribution < 1.29 is 29.2 Å². The third-order valence-corrected chi connectivity index (χ3v) is 4.39. The second kappa shape index (κ2) is 6.47. The number of phenols is 2. The lowest BCUT2D eigenvalue weighted by Crippen LogP contribution is -2.02. The Hall–Kier alpha value is -3.02. The predicted octanol–water partition coefficient (Wildman–Crippen LogP) is 3.29. The van der Waals surface area contributed by atoms with Crippen molar-refractivity contribution in [1.82, 2.24) is 0 Å². The minimum Gasteiger partial charge on any atom is -0.504 e. The van der Waals surface area contributed by atoms with Crippen LogP contribution in [0.1, 0.15) is 22.6 Å². The fourth-order valence-corrected chi connectivity index (χ4v) is 3.19. The second-order valence-corrected chi connectivity index (χ2v) is 5.54. The fourth-order valence-electron chi connectivity index (χ4n) is 3.19. The Kier molecular flexibility index (Phi) is 4.35. The van der Waals surface area contributed by atoms with E-state index >= 15 is 0 Å². The lowest BCUT2D eigenvalue weighted by Gasteiger charge is -2.19. The maximum atomic E-state index is 10.4. The Morgan fingerprint density at radius 3 is 2.04 bits per heavy atom. The van der Waals surface area contributed by atoms with Crippen molar-refractivity contribution >= 4 is 6.08 Å². The molecule has 1 aliphatic rings. The molecule has 0 saturated carbocycles. The van der Waals surface area contributed by atoms with E-state index in [1.54, 1.807) is 33.5 Å². The first-order valence-electron chi connectivity index (χ1n) is 7.67. The first-order valence-corrected chi connectivity index (χ1v) is 7.67. The molecular formula is C19H20O6. The highest BCUT2D eigenvalue weighted by molar-refractivity contribution is 5.77. The molecule has 25 heavy (non-hydrogen) atoms. The van der Waals surface area contributed by atoms with Gasteiger partial charge in [0.25, 0.3) is 0 Å². The number of benzene rings is 2. The van der Waals surface area contributed by atoms with Crippen LogP contribution < -0.4 is 18.9 Å². The molecule has 3 rings (SSSR count). The summed E-state index contributed by atoms with van der Waals surface area (Å²) in [5, 5.41) is 20.5. The van der Waals surface area contributed by atoms with E-state index in [4.69, 9.17) is 18.9 Å². The maximum absolute atomic E-state index is 10.4. The van der Waals surface area contributed by atoms with E-state index < -0.39 is 0 Å². The highest BCUT2D eigenvalue weighted by Crippen LogP contribution is 2.51. The van der Waals surface area contributed by atoms with Crippen LogP contribution in [0, 0.1) is 0 Å². The van der Waals surface area contributed by atoms with Gasteiger partial charge in [-0.15, -0.1) is 0 Å². The van der Waals surface area contributed by atoms with Gasteiger partial charge in [-0.25, -0.2) is 0 Å². The summed E-state index contributed by atoms with van der Waals surface area (Å²) in [6.45, 7) is 0. The lowest BCUT2D eigenvalue weighted by atomic mass is 9.91. The third kappa shape index (κ3) is 2.50. The number of phenolic OH excluding ortho intramolecular Hbond substituents is 2. The average Bonchev–Trinajstić information content (AvgIpc) is 3.05. The predicted molar refractivity (Wildman–Crippen MR) is 93.3 cm³/mol. The van der Waals surface area contributed by atoms with Crippen molar-refractivity contribution in [3.8, 4) is 34.5 Å². The van der Waals surface area contributed by atoms with Gasteiger partial charge in [0, 0.05) is 17.0 Å². The maximum Gasteiger partial charge on any atom is 0.203 e. The third-order valence-electron chi connectivity index (χ3n) is 4.39. The van der Waals surface area contributed by atoms with Gasteiger partial charge in [-0.05, 0) is 17.7 Å². The number of hydrogen-bond acceptors (Lipinski definition) is 6. The van der Waals surface area contributed by atoms with E-state index in [1.165, 1.54) is 7.11 Å². The quantitative estimate of drug-likeness (QED) is 0.811. The first-order chi connectivity index (χ1) is 12.1. The zero-order valence-electron chi connectivity index (χ0n) is 14.5. The summed E-state index contributed by atoms with van der Waals surface area (Å²) >= 11 is 0. The minimum atomic E-state index is -0.283. The molecule has 2 aromatic rings. The standard InChI is InChI=1S/C19H20O6/c1-22-14-8-7-11(16(20)17(14)21)10-5-6-12-13(10)9-15(23-2)19(25-4)18(12)24-3/h5-10,20-21H,1-4H3. The summed E-state index contributed by atoms with van der Waals surface area (Å²) in [7, 11) is 6.10. The molecule has 0 radical (unpaired) electrons. The van der Waals surface area contributed by atoms with Gasteiger partial charge in [-0.1, -0.05) is 18.2 Å². The number of ether oxygens (including phenoxy) is 4. The van der Waals surface area contributed by atoms with Crippen LogP contribution in [0.25, 0.3) is 6.08 Å². The molecule has 1 atom stereocenters. The average molecular weight is 344 g/mol. The lowest BCUT2D eigenvalue weighted by molar-refractivity contribution is 0.323. The topological polar surface area (TPSA) is 77.4 Å². The van der Waals surface area contributed by atoms with E-state index in [0.29, 0.717) is 22.8 Å². The normalized spacial score (nSPS) is 15.0. The molecule has 2 aromatic carbocycles. The number of fused-ring (bicyclic) bond motifs is 1. The van der Waals surface area contributed by atoms with Gasteiger partial charge in [-0.2, -0.15) is 0 Å². The van der Waals surface area contributed by atoms with E-state index in [0.717, 1.165) is 11.1 Å². The summed E-state index contributed by atoms with van der Waals surface area (Å²) in [5.41, 5.74) is 2.29. The molecule has 1 aliphatic carbocycles. The van der Waals surface area contributed by atoms with Gasteiger partial charge in [0.15, 0.2) is 23.0 Å². The Bertz CT molecular complexity index is 841. The van der Waals surface area contributed by atoms with Crippen molar-refractivity contribution in [2.24, 2.45) is 0 Å². The van der Waals surface area contributed by atoms with Gasteiger partial charge in [0.2, 0.25) is 11.5 Å². The Labute approximate surface area is 145 Å². The van der Waals surface area contributed by atoms with Crippen LogP contribution in [0.15, 0.2) is 24.3 Å². The van der Waals surface area contributed by atoms with Crippen molar-refractivity contribution in [2.75, 3.05) is 28.4 Å². The fraction of sp³-hybridized carbons (Fsp3) is 0.263. The number of allylic oxidation sites excluding steroid dienone is 1. The molecule has 0 aliphatic heterocycles. The van der Waals surface area contributed by atoms with Crippen LogP contribution in [0.5, 0.6) is 34.5 Å². The van der Waals surface area contributed by atoms with Gasteiger partial charge in [0.05, 0.1) is 28.4 Å². The largest absolute Gasteiger partial charge is 0.504 e. The SMILES string of the molecule is COc1ccc(C2C=Cc3c2cc(OC)c(OC)c3OC)c(O)c1O. The van der Waals surface area contributed by atoms with Crippen LogP contribution in [0.3, 0.4) is 0 Å². The van der Waals surface area contributed by atoms with Gasteiger partial charge in [0.1, 0.15) is 0 Å². The zero-order chi connectivity index (χ0) is 18.1.